The number of rotatable bonds is 5. The Morgan fingerprint density at radius 3 is 2.18 bits per heavy atom. The first-order chi connectivity index (χ1) is 5.02. The van der Waals surface area contributed by atoms with Crippen LogP contribution < -0.4 is 0 Å². The van der Waals surface area contributed by atoms with E-state index in [-0.39, 0.29) is 18.6 Å². The fourth-order valence-corrected chi connectivity index (χ4v) is 0.953. The number of hydrogen-bond donors (Lipinski definition) is 3. The highest BCUT2D eigenvalue weighted by Gasteiger charge is 2.20. The summed E-state index contributed by atoms with van der Waals surface area (Å²) in [6.07, 6.45) is 0.426. The molecule has 0 aromatic heterocycles. The van der Waals surface area contributed by atoms with Crippen LogP contribution in [0.4, 0.5) is 0 Å². The molecule has 3 N–H and O–H groups in total. The molecule has 11 heavy (non-hydrogen) atoms. The fraction of sp³-hybridized carbons (Fsp3) is 1.00. The van der Waals surface area contributed by atoms with Gasteiger partial charge in [0.2, 0.25) is 0 Å². The first-order valence-electron chi connectivity index (χ1n) is 3.91. The number of hydrogen-bond acceptors (Lipinski definition) is 3. The van der Waals surface area contributed by atoms with Gasteiger partial charge in [0.25, 0.3) is 0 Å². The molecule has 0 radical (unpaired) electrons. The standard InChI is InChI=1S/C8H18O3/c1-8(2,6-10)5-7(11)3-4-9/h7,9-11H,3-6H2,1-2H3. The van der Waals surface area contributed by atoms with Crippen molar-refractivity contribution in [1.82, 2.24) is 0 Å². The molecule has 0 spiro atoms. The van der Waals surface area contributed by atoms with Crippen molar-refractivity contribution < 1.29 is 15.3 Å². The van der Waals surface area contributed by atoms with E-state index in [0.29, 0.717) is 12.8 Å². The van der Waals surface area contributed by atoms with Gasteiger partial charge in [0, 0.05) is 13.2 Å². The summed E-state index contributed by atoms with van der Waals surface area (Å²) in [6.45, 7) is 3.83. The summed E-state index contributed by atoms with van der Waals surface area (Å²) in [5.41, 5.74) is -0.241. The minimum atomic E-state index is -0.498. The van der Waals surface area contributed by atoms with Crippen molar-refractivity contribution in [2.24, 2.45) is 5.41 Å². The molecule has 0 saturated carbocycles. The van der Waals surface area contributed by atoms with Gasteiger partial charge in [-0.05, 0) is 18.3 Å². The van der Waals surface area contributed by atoms with Crippen molar-refractivity contribution in [3.05, 3.63) is 0 Å². The SMILES string of the molecule is CC(C)(CO)CC(O)CCO. The van der Waals surface area contributed by atoms with E-state index in [4.69, 9.17) is 10.2 Å². The van der Waals surface area contributed by atoms with Crippen LogP contribution in [0.2, 0.25) is 0 Å². The fourth-order valence-electron chi connectivity index (χ4n) is 0.953. The molecule has 0 aliphatic heterocycles. The maximum Gasteiger partial charge on any atom is 0.0568 e. The van der Waals surface area contributed by atoms with Crippen molar-refractivity contribution in [3.63, 3.8) is 0 Å². The molecular weight excluding hydrogens is 144 g/mol. The molecule has 0 amide bonds. The molecule has 0 bridgehead atoms. The van der Waals surface area contributed by atoms with Crippen LogP contribution in [-0.2, 0) is 0 Å². The van der Waals surface area contributed by atoms with E-state index in [1.165, 1.54) is 0 Å². The molecule has 0 aromatic rings. The van der Waals surface area contributed by atoms with E-state index in [1.807, 2.05) is 13.8 Å². The van der Waals surface area contributed by atoms with Crippen molar-refractivity contribution in [2.75, 3.05) is 13.2 Å². The predicted molar refractivity (Wildman–Crippen MR) is 43.2 cm³/mol. The van der Waals surface area contributed by atoms with E-state index in [1.54, 1.807) is 0 Å². The van der Waals surface area contributed by atoms with Gasteiger partial charge in [-0.2, -0.15) is 0 Å². The molecule has 1 atom stereocenters. The lowest BCUT2D eigenvalue weighted by Crippen LogP contribution is -2.24. The van der Waals surface area contributed by atoms with Gasteiger partial charge in [0.05, 0.1) is 6.10 Å². The number of aliphatic hydroxyl groups excluding tert-OH is 3. The Hall–Kier alpha value is -0.120. The lowest BCUT2D eigenvalue weighted by Gasteiger charge is -2.24. The third-order valence-corrected chi connectivity index (χ3v) is 1.68. The van der Waals surface area contributed by atoms with Crippen LogP contribution in [0.15, 0.2) is 0 Å². The molecule has 0 fully saturated rings. The monoisotopic (exact) mass is 162 g/mol. The Morgan fingerprint density at radius 1 is 1.27 bits per heavy atom. The normalized spacial score (nSPS) is 15.0. The van der Waals surface area contributed by atoms with Gasteiger partial charge in [-0.1, -0.05) is 13.8 Å². The van der Waals surface area contributed by atoms with E-state index in [2.05, 4.69) is 0 Å². The lowest BCUT2D eigenvalue weighted by molar-refractivity contribution is 0.0572. The van der Waals surface area contributed by atoms with Crippen LogP contribution >= 0.6 is 0 Å². The zero-order chi connectivity index (χ0) is 8.91. The van der Waals surface area contributed by atoms with Crippen LogP contribution in [0.1, 0.15) is 26.7 Å². The maximum atomic E-state index is 9.24. The van der Waals surface area contributed by atoms with Crippen molar-refractivity contribution in [2.45, 2.75) is 32.8 Å². The summed E-state index contributed by atoms with van der Waals surface area (Å²) in [4.78, 5) is 0. The molecule has 0 aliphatic rings. The zero-order valence-corrected chi connectivity index (χ0v) is 7.25. The third-order valence-electron chi connectivity index (χ3n) is 1.68. The zero-order valence-electron chi connectivity index (χ0n) is 7.25. The Labute approximate surface area is 67.7 Å². The van der Waals surface area contributed by atoms with Crippen LogP contribution in [0, 0.1) is 5.41 Å². The average molecular weight is 162 g/mol. The molecule has 0 aliphatic carbocycles. The van der Waals surface area contributed by atoms with E-state index in [9.17, 15) is 5.11 Å². The summed E-state index contributed by atoms with van der Waals surface area (Å²) in [5.74, 6) is 0. The highest BCUT2D eigenvalue weighted by molar-refractivity contribution is 4.71. The van der Waals surface area contributed by atoms with Crippen LogP contribution in [-0.4, -0.2) is 34.6 Å². The van der Waals surface area contributed by atoms with E-state index < -0.39 is 6.10 Å². The van der Waals surface area contributed by atoms with Gasteiger partial charge in [0.15, 0.2) is 0 Å². The molecule has 0 aromatic carbocycles. The summed E-state index contributed by atoms with van der Waals surface area (Å²) in [6, 6.07) is 0. The minimum Gasteiger partial charge on any atom is -0.396 e. The largest absolute Gasteiger partial charge is 0.396 e. The Balaban J connectivity index is 3.64. The van der Waals surface area contributed by atoms with E-state index >= 15 is 0 Å². The Morgan fingerprint density at radius 2 is 1.82 bits per heavy atom. The van der Waals surface area contributed by atoms with Gasteiger partial charge in [-0.3, -0.25) is 0 Å². The van der Waals surface area contributed by atoms with Crippen LogP contribution in [0.25, 0.3) is 0 Å². The van der Waals surface area contributed by atoms with Gasteiger partial charge in [0.1, 0.15) is 0 Å². The third kappa shape index (κ3) is 5.18. The second-order valence-corrected chi connectivity index (χ2v) is 3.69. The van der Waals surface area contributed by atoms with E-state index in [0.717, 1.165) is 0 Å². The second-order valence-electron chi connectivity index (χ2n) is 3.69. The molecule has 0 saturated heterocycles. The molecule has 3 heteroatoms. The van der Waals surface area contributed by atoms with Gasteiger partial charge < -0.3 is 15.3 Å². The molecular formula is C8H18O3. The topological polar surface area (TPSA) is 60.7 Å². The first kappa shape index (κ1) is 10.9. The molecule has 3 nitrogen and oxygen atoms in total. The highest BCUT2D eigenvalue weighted by Crippen LogP contribution is 2.22. The van der Waals surface area contributed by atoms with Gasteiger partial charge in [-0.15, -0.1) is 0 Å². The average Bonchev–Trinajstić information content (AvgIpc) is 1.87. The quantitative estimate of drug-likeness (QED) is 0.539. The van der Waals surface area contributed by atoms with Gasteiger partial charge in [-0.25, -0.2) is 0 Å². The minimum absolute atomic E-state index is 0.00265. The smallest absolute Gasteiger partial charge is 0.0568 e. The summed E-state index contributed by atoms with van der Waals surface area (Å²) in [7, 11) is 0. The van der Waals surface area contributed by atoms with Crippen molar-refractivity contribution in [1.29, 1.82) is 0 Å². The molecule has 0 rings (SSSR count). The Kier molecular flexibility index (Phi) is 4.65. The summed E-state index contributed by atoms with van der Waals surface area (Å²) in [5, 5.41) is 26.6. The predicted octanol–water partition coefficient (Wildman–Crippen LogP) is 0.138. The van der Waals surface area contributed by atoms with Gasteiger partial charge >= 0.3 is 0 Å². The maximum absolute atomic E-state index is 9.24. The second kappa shape index (κ2) is 4.70. The molecule has 68 valence electrons. The Bertz CT molecular complexity index is 102. The highest BCUT2D eigenvalue weighted by atomic mass is 16.3. The van der Waals surface area contributed by atoms with Crippen molar-refractivity contribution in [3.8, 4) is 0 Å². The molecule has 0 heterocycles. The van der Waals surface area contributed by atoms with Crippen LogP contribution in [0.3, 0.4) is 0 Å². The number of aliphatic hydroxyl groups is 3. The molecule has 1 unspecified atom stereocenters. The first-order valence-corrected chi connectivity index (χ1v) is 3.91. The van der Waals surface area contributed by atoms with Crippen LogP contribution in [0.5, 0.6) is 0 Å². The lowest BCUT2D eigenvalue weighted by atomic mass is 9.87. The van der Waals surface area contributed by atoms with Crippen molar-refractivity contribution >= 4 is 0 Å². The summed E-state index contributed by atoms with van der Waals surface area (Å²) >= 11 is 0. The summed E-state index contributed by atoms with van der Waals surface area (Å²) < 4.78 is 0.